The highest BCUT2D eigenvalue weighted by atomic mass is 16.5. The van der Waals surface area contributed by atoms with E-state index in [4.69, 9.17) is 9.47 Å². The summed E-state index contributed by atoms with van der Waals surface area (Å²) in [6.07, 6.45) is -0.404. The molecule has 2 aromatic carbocycles. The molecule has 21 heavy (non-hydrogen) atoms. The number of nitrogens with one attached hydrogen (secondary N) is 2. The van der Waals surface area contributed by atoms with E-state index in [0.717, 1.165) is 11.3 Å². The van der Waals surface area contributed by atoms with E-state index in [2.05, 4.69) is 10.6 Å². The average molecular weight is 284 g/mol. The predicted molar refractivity (Wildman–Crippen MR) is 79.8 cm³/mol. The van der Waals surface area contributed by atoms with E-state index in [1.165, 1.54) is 0 Å². The minimum Gasteiger partial charge on any atom is -0.496 e. The minimum atomic E-state index is -0.404. The van der Waals surface area contributed by atoms with E-state index >= 15 is 0 Å². The van der Waals surface area contributed by atoms with Crippen molar-refractivity contribution in [2.45, 2.75) is 6.17 Å². The quantitative estimate of drug-likeness (QED) is 0.909. The van der Waals surface area contributed by atoms with Crippen LogP contribution >= 0.6 is 0 Å². The van der Waals surface area contributed by atoms with Crippen molar-refractivity contribution in [1.29, 1.82) is 0 Å². The third-order valence-electron chi connectivity index (χ3n) is 3.50. The van der Waals surface area contributed by atoms with Crippen molar-refractivity contribution in [3.8, 4) is 11.5 Å². The molecule has 2 aromatic rings. The fraction of sp³-hybridized carbons (Fsp3) is 0.188. The molecule has 1 heterocycles. The van der Waals surface area contributed by atoms with Crippen LogP contribution < -0.4 is 20.1 Å². The molecule has 108 valence electrons. The zero-order valence-corrected chi connectivity index (χ0v) is 11.8. The van der Waals surface area contributed by atoms with E-state index in [-0.39, 0.29) is 5.91 Å². The number of rotatable bonds is 3. The summed E-state index contributed by atoms with van der Waals surface area (Å²) in [4.78, 5) is 12.2. The number of benzene rings is 2. The summed E-state index contributed by atoms with van der Waals surface area (Å²) in [5.41, 5.74) is 2.19. The van der Waals surface area contributed by atoms with Crippen LogP contribution in [-0.4, -0.2) is 20.1 Å². The van der Waals surface area contributed by atoms with Crippen LogP contribution in [0.3, 0.4) is 0 Å². The third kappa shape index (κ3) is 2.27. The van der Waals surface area contributed by atoms with Crippen LogP contribution in [0, 0.1) is 0 Å². The lowest BCUT2D eigenvalue weighted by Gasteiger charge is -2.29. The van der Waals surface area contributed by atoms with E-state index in [1.807, 2.05) is 36.4 Å². The first-order chi connectivity index (χ1) is 10.2. The Balaban J connectivity index is 2.05. The maximum atomic E-state index is 12.2. The molecule has 3 rings (SSSR count). The smallest absolute Gasteiger partial charge is 0.255 e. The second kappa shape index (κ2) is 5.36. The molecule has 2 N–H and O–H groups in total. The van der Waals surface area contributed by atoms with Gasteiger partial charge in [0.25, 0.3) is 5.91 Å². The molecule has 0 saturated carbocycles. The number of ether oxygens (including phenoxy) is 2. The van der Waals surface area contributed by atoms with Crippen molar-refractivity contribution in [1.82, 2.24) is 5.32 Å². The zero-order chi connectivity index (χ0) is 14.8. The monoisotopic (exact) mass is 284 g/mol. The Labute approximate surface area is 122 Å². The minimum absolute atomic E-state index is 0.123. The summed E-state index contributed by atoms with van der Waals surface area (Å²) in [5, 5.41) is 6.23. The molecule has 1 unspecified atom stereocenters. The average Bonchev–Trinajstić information content (AvgIpc) is 2.54. The maximum Gasteiger partial charge on any atom is 0.255 e. The van der Waals surface area contributed by atoms with Gasteiger partial charge in [-0.15, -0.1) is 0 Å². The second-order valence-electron chi connectivity index (χ2n) is 4.67. The van der Waals surface area contributed by atoms with Gasteiger partial charge in [-0.3, -0.25) is 4.79 Å². The third-order valence-corrected chi connectivity index (χ3v) is 3.50. The summed E-state index contributed by atoms with van der Waals surface area (Å²) in [6.45, 7) is 0. The van der Waals surface area contributed by atoms with Gasteiger partial charge in [0.15, 0.2) is 0 Å². The Bertz CT molecular complexity index is 663. The topological polar surface area (TPSA) is 59.6 Å². The van der Waals surface area contributed by atoms with Gasteiger partial charge in [-0.25, -0.2) is 0 Å². The number of hydrogen-bond acceptors (Lipinski definition) is 4. The molecule has 0 saturated heterocycles. The van der Waals surface area contributed by atoms with E-state index in [9.17, 15) is 4.79 Å². The van der Waals surface area contributed by atoms with Gasteiger partial charge in [0.1, 0.15) is 17.7 Å². The molecule has 5 heteroatoms. The Morgan fingerprint density at radius 1 is 0.905 bits per heavy atom. The van der Waals surface area contributed by atoms with Gasteiger partial charge in [-0.1, -0.05) is 18.2 Å². The van der Waals surface area contributed by atoms with Crippen LogP contribution in [0.5, 0.6) is 11.5 Å². The molecule has 0 bridgehead atoms. The van der Waals surface area contributed by atoms with Crippen molar-refractivity contribution < 1.29 is 14.3 Å². The van der Waals surface area contributed by atoms with Gasteiger partial charge < -0.3 is 20.1 Å². The van der Waals surface area contributed by atoms with E-state index < -0.39 is 6.17 Å². The van der Waals surface area contributed by atoms with Gasteiger partial charge in [-0.2, -0.15) is 0 Å². The summed E-state index contributed by atoms with van der Waals surface area (Å²) in [7, 11) is 3.19. The summed E-state index contributed by atoms with van der Waals surface area (Å²) in [5.74, 6) is 1.19. The van der Waals surface area contributed by atoms with E-state index in [0.29, 0.717) is 17.1 Å². The molecular weight excluding hydrogens is 268 g/mol. The van der Waals surface area contributed by atoms with Crippen LogP contribution in [-0.2, 0) is 0 Å². The second-order valence-corrected chi connectivity index (χ2v) is 4.67. The number of para-hydroxylation sites is 1. The summed E-state index contributed by atoms with van der Waals surface area (Å²) < 4.78 is 10.8. The fourth-order valence-corrected chi connectivity index (χ4v) is 2.52. The van der Waals surface area contributed by atoms with Gasteiger partial charge in [0.2, 0.25) is 0 Å². The summed E-state index contributed by atoms with van der Waals surface area (Å²) in [6, 6.07) is 12.9. The van der Waals surface area contributed by atoms with Crippen LogP contribution in [0.4, 0.5) is 5.69 Å². The SMILES string of the molecule is COc1cccc(OC)c1C1NC(=O)c2ccccc2N1. The molecule has 0 spiro atoms. The number of carbonyl (C=O) groups excluding carboxylic acids is 1. The highest BCUT2D eigenvalue weighted by Gasteiger charge is 2.28. The largest absolute Gasteiger partial charge is 0.496 e. The molecule has 1 atom stereocenters. The molecule has 1 amide bonds. The van der Waals surface area contributed by atoms with Crippen LogP contribution in [0.15, 0.2) is 42.5 Å². The van der Waals surface area contributed by atoms with Crippen LogP contribution in [0.25, 0.3) is 0 Å². The highest BCUT2D eigenvalue weighted by molar-refractivity contribution is 6.01. The molecule has 0 fully saturated rings. The first-order valence-electron chi connectivity index (χ1n) is 6.62. The Morgan fingerprint density at radius 2 is 1.57 bits per heavy atom. The number of carbonyl (C=O) groups is 1. The normalized spacial score (nSPS) is 16.5. The van der Waals surface area contributed by atoms with Crippen molar-refractivity contribution in [2.24, 2.45) is 0 Å². The van der Waals surface area contributed by atoms with Crippen LogP contribution in [0.1, 0.15) is 22.1 Å². The first kappa shape index (κ1) is 13.3. The Hall–Kier alpha value is -2.69. The van der Waals surface area contributed by atoms with Gasteiger partial charge in [0.05, 0.1) is 25.3 Å². The lowest BCUT2D eigenvalue weighted by Crippen LogP contribution is -2.38. The molecule has 0 aromatic heterocycles. The summed E-state index contributed by atoms with van der Waals surface area (Å²) >= 11 is 0. The fourth-order valence-electron chi connectivity index (χ4n) is 2.52. The van der Waals surface area contributed by atoms with E-state index in [1.54, 1.807) is 20.3 Å². The number of hydrogen-bond donors (Lipinski definition) is 2. The molecule has 5 nitrogen and oxygen atoms in total. The van der Waals surface area contributed by atoms with Gasteiger partial charge in [0, 0.05) is 5.69 Å². The zero-order valence-electron chi connectivity index (χ0n) is 11.8. The Morgan fingerprint density at radius 3 is 2.24 bits per heavy atom. The van der Waals surface area contributed by atoms with Crippen molar-refractivity contribution >= 4 is 11.6 Å². The number of anilines is 1. The highest BCUT2D eigenvalue weighted by Crippen LogP contribution is 2.36. The lowest BCUT2D eigenvalue weighted by molar-refractivity contribution is 0.0935. The van der Waals surface area contributed by atoms with Gasteiger partial charge in [-0.05, 0) is 24.3 Å². The molecule has 1 aliphatic heterocycles. The molecular formula is C16H16N2O3. The maximum absolute atomic E-state index is 12.2. The standard InChI is InChI=1S/C16H16N2O3/c1-20-12-8-5-9-13(21-2)14(12)15-17-11-7-4-3-6-10(11)16(19)18-15/h3-9,15,17H,1-2H3,(H,18,19). The van der Waals surface area contributed by atoms with Crippen molar-refractivity contribution in [3.05, 3.63) is 53.6 Å². The molecule has 0 aliphatic carbocycles. The molecule has 0 radical (unpaired) electrons. The Kier molecular flexibility index (Phi) is 3.39. The predicted octanol–water partition coefficient (Wildman–Crippen LogP) is 2.56. The van der Waals surface area contributed by atoms with Crippen LogP contribution in [0.2, 0.25) is 0 Å². The number of fused-ring (bicyclic) bond motifs is 1. The van der Waals surface area contributed by atoms with Crippen molar-refractivity contribution in [2.75, 3.05) is 19.5 Å². The number of methoxy groups -OCH3 is 2. The molecule has 1 aliphatic rings. The van der Waals surface area contributed by atoms with Crippen molar-refractivity contribution in [3.63, 3.8) is 0 Å². The van der Waals surface area contributed by atoms with Gasteiger partial charge >= 0.3 is 0 Å². The lowest BCUT2D eigenvalue weighted by atomic mass is 10.0. The number of amides is 1. The first-order valence-corrected chi connectivity index (χ1v) is 6.62.